The Labute approximate surface area is 305 Å². The van der Waals surface area contributed by atoms with Crippen LogP contribution in [0, 0.1) is 0 Å². The summed E-state index contributed by atoms with van der Waals surface area (Å²) in [6, 6.07) is 59.1. The molecule has 53 heavy (non-hydrogen) atoms. The molecule has 2 heterocycles. The molecule has 4 nitrogen and oxygen atoms in total. The van der Waals surface area contributed by atoms with Crippen LogP contribution >= 0.6 is 0 Å². The van der Waals surface area contributed by atoms with Crippen LogP contribution in [0.2, 0.25) is 0 Å². The van der Waals surface area contributed by atoms with Gasteiger partial charge in [0.1, 0.15) is 6.33 Å². The first-order chi connectivity index (χ1) is 26.2. The molecule has 2 aromatic heterocycles. The van der Waals surface area contributed by atoms with Crippen molar-refractivity contribution in [2.45, 2.75) is 0 Å². The number of hydrogen-bond acceptors (Lipinski definition) is 3. The molecule has 0 bridgehead atoms. The van der Waals surface area contributed by atoms with Gasteiger partial charge in [0.25, 0.3) is 5.56 Å². The van der Waals surface area contributed by atoms with Crippen molar-refractivity contribution >= 4 is 43.2 Å². The topological polar surface area (TPSA) is 47.8 Å². The van der Waals surface area contributed by atoms with Crippen LogP contribution in [0.5, 0.6) is 0 Å². The van der Waals surface area contributed by atoms with E-state index in [2.05, 4.69) is 119 Å². The molecule has 0 atom stereocenters. The molecule has 0 aliphatic carbocycles. The van der Waals surface area contributed by atoms with Crippen molar-refractivity contribution < 1.29 is 0 Å². The van der Waals surface area contributed by atoms with Crippen LogP contribution in [-0.2, 0) is 0 Å². The van der Waals surface area contributed by atoms with Crippen molar-refractivity contribution in [2.75, 3.05) is 0 Å². The van der Waals surface area contributed by atoms with Gasteiger partial charge in [-0.2, -0.15) is 0 Å². The lowest BCUT2D eigenvalue weighted by Crippen LogP contribution is -2.19. The zero-order chi connectivity index (χ0) is 35.3. The first-order valence-corrected chi connectivity index (χ1v) is 17.8. The Morgan fingerprint density at radius 3 is 1.55 bits per heavy atom. The van der Waals surface area contributed by atoms with Crippen LogP contribution in [0.3, 0.4) is 0 Å². The van der Waals surface area contributed by atoms with Gasteiger partial charge in [0.15, 0.2) is 0 Å². The number of pyridine rings is 1. The van der Waals surface area contributed by atoms with Gasteiger partial charge in [0, 0.05) is 40.0 Å². The molecule has 0 aliphatic heterocycles. The van der Waals surface area contributed by atoms with E-state index in [-0.39, 0.29) is 5.56 Å². The van der Waals surface area contributed by atoms with Crippen LogP contribution in [0.1, 0.15) is 0 Å². The highest BCUT2D eigenvalue weighted by Crippen LogP contribution is 2.45. The molecule has 0 radical (unpaired) electrons. The average molecular weight is 678 g/mol. The lowest BCUT2D eigenvalue weighted by atomic mass is 9.85. The number of aromatic nitrogens is 3. The molecular weight excluding hydrogens is 647 g/mol. The van der Waals surface area contributed by atoms with Crippen LogP contribution < -0.4 is 5.56 Å². The highest BCUT2D eigenvalue weighted by atomic mass is 16.1. The smallest absolute Gasteiger partial charge is 0.263 e. The van der Waals surface area contributed by atoms with E-state index in [0.29, 0.717) is 5.39 Å². The third-order valence-corrected chi connectivity index (χ3v) is 10.4. The fourth-order valence-corrected chi connectivity index (χ4v) is 7.96. The summed E-state index contributed by atoms with van der Waals surface area (Å²) in [6.07, 6.45) is 5.39. The lowest BCUT2D eigenvalue weighted by molar-refractivity contribution is 1.06. The molecular formula is C49H31N3O. The summed E-state index contributed by atoms with van der Waals surface area (Å²) in [5.41, 5.74) is 10.6. The van der Waals surface area contributed by atoms with Crippen LogP contribution in [0.4, 0.5) is 0 Å². The fraction of sp³-hybridized carbons (Fsp3) is 0. The predicted molar refractivity (Wildman–Crippen MR) is 219 cm³/mol. The number of para-hydroxylation sites is 1. The molecule has 0 spiro atoms. The highest BCUT2D eigenvalue weighted by Gasteiger charge is 2.19. The van der Waals surface area contributed by atoms with Crippen LogP contribution in [0.15, 0.2) is 193 Å². The lowest BCUT2D eigenvalue weighted by Gasteiger charge is -2.19. The molecule has 0 saturated carbocycles. The van der Waals surface area contributed by atoms with Gasteiger partial charge in [-0.05, 0) is 96.7 Å². The van der Waals surface area contributed by atoms with Crippen molar-refractivity contribution in [1.29, 1.82) is 0 Å². The van der Waals surface area contributed by atoms with Gasteiger partial charge in [0.05, 0.1) is 5.52 Å². The first kappa shape index (κ1) is 30.6. The predicted octanol–water partition coefficient (Wildman–Crippen LogP) is 11.9. The van der Waals surface area contributed by atoms with E-state index >= 15 is 0 Å². The zero-order valence-corrected chi connectivity index (χ0v) is 28.6. The minimum atomic E-state index is -0.0244. The van der Waals surface area contributed by atoms with Crippen molar-refractivity contribution in [3.05, 3.63) is 199 Å². The number of rotatable bonds is 5. The van der Waals surface area contributed by atoms with E-state index < -0.39 is 0 Å². The van der Waals surface area contributed by atoms with Gasteiger partial charge < -0.3 is 0 Å². The Balaban J connectivity index is 1.23. The molecule has 0 amide bonds. The van der Waals surface area contributed by atoms with Gasteiger partial charge in [0.2, 0.25) is 0 Å². The number of nitrogens with zero attached hydrogens (tertiary/aromatic N) is 3. The minimum absolute atomic E-state index is 0.0244. The monoisotopic (exact) mass is 677 g/mol. The van der Waals surface area contributed by atoms with E-state index in [0.717, 1.165) is 66.0 Å². The molecule has 10 rings (SSSR count). The van der Waals surface area contributed by atoms with Gasteiger partial charge in [-0.1, -0.05) is 133 Å². The Morgan fingerprint density at radius 2 is 0.849 bits per heavy atom. The third-order valence-electron chi connectivity index (χ3n) is 10.4. The summed E-state index contributed by atoms with van der Waals surface area (Å²) in [4.78, 5) is 22.8. The van der Waals surface area contributed by atoms with Crippen LogP contribution in [-0.4, -0.2) is 14.5 Å². The quantitative estimate of drug-likeness (QED) is 0.135. The summed E-state index contributed by atoms with van der Waals surface area (Å²) in [6.45, 7) is 0. The summed E-state index contributed by atoms with van der Waals surface area (Å²) < 4.78 is 1.83. The second-order valence-corrected chi connectivity index (χ2v) is 13.4. The molecule has 0 aliphatic rings. The normalized spacial score (nSPS) is 11.5. The Hall–Kier alpha value is -7.17. The largest absolute Gasteiger partial charge is 0.276 e. The summed E-state index contributed by atoms with van der Waals surface area (Å²) in [7, 11) is 0. The Bertz CT molecular complexity index is 3050. The first-order valence-electron chi connectivity index (χ1n) is 17.8. The zero-order valence-electron chi connectivity index (χ0n) is 28.6. The standard InChI is InChI=1S/C49H31N3O/c53-49-43-18-10-7-15-39(43)44-27-36(24-26-46(44)52(49)38-13-5-2-6-14-38)35-23-25-42-45(28-35)48(37-29-50-31-51-30-37)41-17-9-8-16-40(41)47(42)34-21-19-33(20-22-34)32-11-3-1-4-12-32/h1-31H. The second kappa shape index (κ2) is 12.6. The van der Waals surface area contributed by atoms with E-state index in [9.17, 15) is 4.79 Å². The van der Waals surface area contributed by atoms with Gasteiger partial charge in [-0.25, -0.2) is 9.97 Å². The molecule has 0 fully saturated rings. The molecule has 0 unspecified atom stereocenters. The Kier molecular flexibility index (Phi) is 7.26. The average Bonchev–Trinajstić information content (AvgIpc) is 3.24. The Morgan fingerprint density at radius 1 is 0.358 bits per heavy atom. The minimum Gasteiger partial charge on any atom is -0.276 e. The van der Waals surface area contributed by atoms with Crippen molar-refractivity contribution in [1.82, 2.24) is 14.5 Å². The van der Waals surface area contributed by atoms with Crippen molar-refractivity contribution in [3.63, 3.8) is 0 Å². The maximum absolute atomic E-state index is 13.9. The van der Waals surface area contributed by atoms with E-state index in [4.69, 9.17) is 0 Å². The summed E-state index contributed by atoms with van der Waals surface area (Å²) >= 11 is 0. The fourth-order valence-electron chi connectivity index (χ4n) is 7.96. The SMILES string of the molecule is O=c1c2ccccc2c2cc(-c3ccc4c(-c5ccc(-c6ccccc6)cc5)c5ccccc5c(-c5cncnc5)c4c3)ccc2n1-c1ccccc1. The number of benzene rings is 8. The van der Waals surface area contributed by atoms with Gasteiger partial charge in [-0.15, -0.1) is 0 Å². The molecule has 4 heteroatoms. The maximum Gasteiger partial charge on any atom is 0.263 e. The van der Waals surface area contributed by atoms with Gasteiger partial charge in [-0.3, -0.25) is 9.36 Å². The molecule has 248 valence electrons. The maximum atomic E-state index is 13.9. The van der Waals surface area contributed by atoms with Crippen LogP contribution in [0.25, 0.3) is 93.4 Å². The highest BCUT2D eigenvalue weighted by molar-refractivity contribution is 6.22. The van der Waals surface area contributed by atoms with Gasteiger partial charge >= 0.3 is 0 Å². The number of fused-ring (bicyclic) bond motifs is 5. The molecule has 8 aromatic carbocycles. The van der Waals surface area contributed by atoms with E-state index in [1.54, 1.807) is 6.33 Å². The summed E-state index contributed by atoms with van der Waals surface area (Å²) in [5, 5.41) is 7.26. The number of hydrogen-bond donors (Lipinski definition) is 0. The molecule has 10 aromatic rings. The molecule has 0 saturated heterocycles. The van der Waals surface area contributed by atoms with Crippen molar-refractivity contribution in [2.24, 2.45) is 0 Å². The third kappa shape index (κ3) is 5.11. The summed E-state index contributed by atoms with van der Waals surface area (Å²) in [5.74, 6) is 0. The molecule has 0 N–H and O–H groups in total. The van der Waals surface area contributed by atoms with E-state index in [1.165, 1.54) is 22.1 Å². The van der Waals surface area contributed by atoms with E-state index in [1.807, 2.05) is 77.6 Å². The second-order valence-electron chi connectivity index (χ2n) is 13.4. The van der Waals surface area contributed by atoms with Crippen molar-refractivity contribution in [3.8, 4) is 50.2 Å².